The van der Waals surface area contributed by atoms with E-state index in [0.29, 0.717) is 53.9 Å². The fraction of sp³-hybridized carbons (Fsp3) is 0.419. The molecule has 3 aromatic rings. The topological polar surface area (TPSA) is 82.3 Å². The highest BCUT2D eigenvalue weighted by Gasteiger charge is 2.32. The van der Waals surface area contributed by atoms with Gasteiger partial charge in [-0.1, -0.05) is 6.07 Å². The highest BCUT2D eigenvalue weighted by atomic mass is 19.1. The SMILES string of the molecule is CCOc1cc([C@H](C)N2CCc3c(cc(CCN4CC[C@H]4C)cc3-c3ccc(F)nc3C)C2=O)ncc1C#N. The summed E-state index contributed by atoms with van der Waals surface area (Å²) in [5.74, 6) is -0.0859. The number of amides is 1. The molecule has 4 heterocycles. The van der Waals surface area contributed by atoms with Gasteiger partial charge >= 0.3 is 0 Å². The van der Waals surface area contributed by atoms with Crippen molar-refractivity contribution in [2.45, 2.75) is 59.0 Å². The summed E-state index contributed by atoms with van der Waals surface area (Å²) >= 11 is 0. The van der Waals surface area contributed by atoms with Gasteiger partial charge in [0, 0.05) is 48.2 Å². The molecular formula is C31H34FN5O2. The van der Waals surface area contributed by atoms with E-state index in [9.17, 15) is 14.4 Å². The minimum Gasteiger partial charge on any atom is -0.492 e. The van der Waals surface area contributed by atoms with Crippen molar-refractivity contribution >= 4 is 5.91 Å². The number of ether oxygens (including phenoxy) is 1. The molecule has 2 aliphatic rings. The van der Waals surface area contributed by atoms with E-state index in [1.54, 1.807) is 12.1 Å². The summed E-state index contributed by atoms with van der Waals surface area (Å²) in [5, 5.41) is 9.40. The summed E-state index contributed by atoms with van der Waals surface area (Å²) in [4.78, 5) is 26.9. The number of fused-ring (bicyclic) bond motifs is 1. The summed E-state index contributed by atoms with van der Waals surface area (Å²) in [7, 11) is 0. The molecule has 2 atom stereocenters. The number of hydrogen-bond donors (Lipinski definition) is 0. The Balaban J connectivity index is 1.51. The minimum absolute atomic E-state index is 0.0546. The maximum Gasteiger partial charge on any atom is 0.254 e. The standard InChI is InChI=1S/C31H34FN5O2/c1-5-39-29-16-28(34-18-23(29)17-33)21(4)37-13-10-25-26(24-6-7-30(32)35-20(24)3)14-22(15-27(25)31(37)38)9-12-36-11-8-19(36)2/h6-7,14-16,18-19,21H,5,8-13H2,1-4H3/t19-,21+/m1/s1. The number of aromatic nitrogens is 2. The molecule has 1 aromatic carbocycles. The first kappa shape index (κ1) is 26.8. The quantitative estimate of drug-likeness (QED) is 0.372. The number of aryl methyl sites for hydroxylation is 1. The van der Waals surface area contributed by atoms with Crippen LogP contribution in [0.4, 0.5) is 4.39 Å². The molecule has 2 aromatic heterocycles. The molecule has 0 spiro atoms. The van der Waals surface area contributed by atoms with Crippen molar-refractivity contribution in [3.8, 4) is 22.9 Å². The van der Waals surface area contributed by atoms with Crippen LogP contribution in [-0.4, -0.2) is 58.0 Å². The van der Waals surface area contributed by atoms with Gasteiger partial charge in [-0.25, -0.2) is 4.98 Å². The molecule has 1 amide bonds. The van der Waals surface area contributed by atoms with Gasteiger partial charge in [-0.05, 0) is 88.4 Å². The van der Waals surface area contributed by atoms with Gasteiger partial charge < -0.3 is 14.5 Å². The average molecular weight is 528 g/mol. The van der Waals surface area contributed by atoms with Gasteiger partial charge in [-0.2, -0.15) is 9.65 Å². The van der Waals surface area contributed by atoms with Gasteiger partial charge in [-0.3, -0.25) is 9.78 Å². The van der Waals surface area contributed by atoms with Crippen molar-refractivity contribution in [1.82, 2.24) is 19.8 Å². The Kier molecular flexibility index (Phi) is 7.62. The monoisotopic (exact) mass is 527 g/mol. The van der Waals surface area contributed by atoms with Crippen LogP contribution in [0.25, 0.3) is 11.1 Å². The molecule has 2 aliphatic heterocycles. The van der Waals surface area contributed by atoms with Crippen LogP contribution in [0.15, 0.2) is 36.5 Å². The lowest BCUT2D eigenvalue weighted by Gasteiger charge is -2.39. The number of rotatable bonds is 8. The predicted octanol–water partition coefficient (Wildman–Crippen LogP) is 5.26. The fourth-order valence-corrected chi connectivity index (χ4v) is 5.62. The number of carbonyl (C=O) groups is 1. The molecule has 0 radical (unpaired) electrons. The van der Waals surface area contributed by atoms with E-state index >= 15 is 0 Å². The zero-order valence-corrected chi connectivity index (χ0v) is 23.0. The Labute approximate surface area is 229 Å². The first-order valence-electron chi connectivity index (χ1n) is 13.7. The number of nitriles is 1. The van der Waals surface area contributed by atoms with E-state index in [1.165, 1.54) is 18.7 Å². The van der Waals surface area contributed by atoms with E-state index in [0.717, 1.165) is 41.8 Å². The van der Waals surface area contributed by atoms with E-state index in [2.05, 4.69) is 33.9 Å². The highest BCUT2D eigenvalue weighted by molar-refractivity contribution is 5.99. The van der Waals surface area contributed by atoms with Crippen molar-refractivity contribution in [1.29, 1.82) is 5.26 Å². The third-order valence-electron chi connectivity index (χ3n) is 8.09. The van der Waals surface area contributed by atoms with E-state index in [4.69, 9.17) is 4.74 Å². The second kappa shape index (κ2) is 11.1. The molecule has 0 saturated carbocycles. The molecule has 1 saturated heterocycles. The molecule has 7 nitrogen and oxygen atoms in total. The third kappa shape index (κ3) is 5.24. The largest absolute Gasteiger partial charge is 0.492 e. The average Bonchev–Trinajstić information content (AvgIpc) is 2.92. The van der Waals surface area contributed by atoms with Crippen LogP contribution < -0.4 is 4.74 Å². The van der Waals surface area contributed by atoms with Gasteiger partial charge in [0.1, 0.15) is 17.4 Å². The maximum absolute atomic E-state index is 14.0. The second-order valence-corrected chi connectivity index (χ2v) is 10.4. The molecule has 1 fully saturated rings. The minimum atomic E-state index is -0.509. The van der Waals surface area contributed by atoms with Crippen molar-refractivity contribution in [3.05, 3.63) is 76.1 Å². The lowest BCUT2D eigenvalue weighted by atomic mass is 9.86. The number of nitrogens with zero attached hydrogens (tertiary/aromatic N) is 5. The van der Waals surface area contributed by atoms with Crippen LogP contribution in [0.3, 0.4) is 0 Å². The summed E-state index contributed by atoms with van der Waals surface area (Å²) in [5.41, 5.74) is 6.22. The summed E-state index contributed by atoms with van der Waals surface area (Å²) in [6.07, 6.45) is 4.22. The molecule has 39 heavy (non-hydrogen) atoms. The van der Waals surface area contributed by atoms with Crippen molar-refractivity contribution in [2.24, 2.45) is 0 Å². The normalized spacial score (nSPS) is 17.8. The van der Waals surface area contributed by atoms with Gasteiger partial charge in [0.25, 0.3) is 5.91 Å². The fourth-order valence-electron chi connectivity index (χ4n) is 5.62. The molecule has 8 heteroatoms. The second-order valence-electron chi connectivity index (χ2n) is 10.4. The number of pyridine rings is 2. The van der Waals surface area contributed by atoms with Crippen molar-refractivity contribution in [2.75, 3.05) is 26.2 Å². The van der Waals surface area contributed by atoms with Gasteiger partial charge in [0.2, 0.25) is 5.95 Å². The predicted molar refractivity (Wildman–Crippen MR) is 147 cm³/mol. The lowest BCUT2D eigenvalue weighted by Crippen LogP contribution is -2.46. The van der Waals surface area contributed by atoms with Crippen LogP contribution in [0.2, 0.25) is 0 Å². The molecule has 202 valence electrons. The molecule has 0 bridgehead atoms. The number of halogens is 1. The summed E-state index contributed by atoms with van der Waals surface area (Å²) in [6, 6.07) is 11.5. The van der Waals surface area contributed by atoms with Crippen LogP contribution in [0.5, 0.6) is 5.75 Å². The Morgan fingerprint density at radius 1 is 1.21 bits per heavy atom. The van der Waals surface area contributed by atoms with Crippen molar-refractivity contribution < 1.29 is 13.9 Å². The van der Waals surface area contributed by atoms with Gasteiger partial charge in [-0.15, -0.1) is 0 Å². The van der Waals surface area contributed by atoms with E-state index < -0.39 is 5.95 Å². The molecular weight excluding hydrogens is 493 g/mol. The third-order valence-corrected chi connectivity index (χ3v) is 8.09. The van der Waals surface area contributed by atoms with E-state index in [-0.39, 0.29) is 11.9 Å². The Hall–Kier alpha value is -3.83. The summed E-state index contributed by atoms with van der Waals surface area (Å²) in [6.45, 7) is 10.9. The number of hydrogen-bond acceptors (Lipinski definition) is 6. The maximum atomic E-state index is 14.0. The molecule has 0 aliphatic carbocycles. The van der Waals surface area contributed by atoms with Crippen LogP contribution in [0.1, 0.15) is 71.7 Å². The highest BCUT2D eigenvalue weighted by Crippen LogP contribution is 2.36. The first-order valence-corrected chi connectivity index (χ1v) is 13.7. The Morgan fingerprint density at radius 2 is 2.00 bits per heavy atom. The Morgan fingerprint density at radius 3 is 2.67 bits per heavy atom. The van der Waals surface area contributed by atoms with Crippen LogP contribution in [-0.2, 0) is 12.8 Å². The lowest BCUT2D eigenvalue weighted by molar-refractivity contribution is 0.0668. The number of benzene rings is 1. The zero-order chi connectivity index (χ0) is 27.7. The van der Waals surface area contributed by atoms with Gasteiger partial charge in [0.05, 0.1) is 18.3 Å². The van der Waals surface area contributed by atoms with Crippen LogP contribution in [0, 0.1) is 24.2 Å². The first-order chi connectivity index (χ1) is 18.8. The van der Waals surface area contributed by atoms with Gasteiger partial charge in [0.15, 0.2) is 0 Å². The van der Waals surface area contributed by atoms with Crippen LogP contribution >= 0.6 is 0 Å². The summed E-state index contributed by atoms with van der Waals surface area (Å²) < 4.78 is 19.5. The molecule has 0 N–H and O–H groups in total. The van der Waals surface area contributed by atoms with Crippen molar-refractivity contribution in [3.63, 3.8) is 0 Å². The Bertz CT molecular complexity index is 1450. The zero-order valence-electron chi connectivity index (χ0n) is 23.0. The number of carbonyl (C=O) groups excluding carboxylic acids is 1. The molecule has 5 rings (SSSR count). The molecule has 0 unspecified atom stereocenters. The smallest absolute Gasteiger partial charge is 0.254 e. The number of likely N-dealkylation sites (tertiary alicyclic amines) is 1. The van der Waals surface area contributed by atoms with E-state index in [1.807, 2.05) is 31.7 Å².